The van der Waals surface area contributed by atoms with Crippen LogP contribution in [0, 0.1) is 11.3 Å². The molecule has 1 aromatic heterocycles. The molecule has 2 atom stereocenters. The van der Waals surface area contributed by atoms with E-state index in [1.165, 1.54) is 0 Å². The first-order valence-electron chi connectivity index (χ1n) is 12.8. The number of hydrogen-bond donors (Lipinski definition) is 2. The maximum Gasteiger partial charge on any atom is 0.258 e. The lowest BCUT2D eigenvalue weighted by Gasteiger charge is -2.18. The molecular formula is C27H31N5O5S. The van der Waals surface area contributed by atoms with Gasteiger partial charge in [-0.25, -0.2) is 13.1 Å². The van der Waals surface area contributed by atoms with Crippen LogP contribution in [0.15, 0.2) is 40.9 Å². The van der Waals surface area contributed by atoms with Crippen LogP contribution >= 0.6 is 0 Å². The van der Waals surface area contributed by atoms with Gasteiger partial charge in [0.15, 0.2) is 0 Å². The van der Waals surface area contributed by atoms with Gasteiger partial charge in [0.2, 0.25) is 15.8 Å². The molecule has 1 fully saturated rings. The zero-order chi connectivity index (χ0) is 26.9. The van der Waals surface area contributed by atoms with Crippen molar-refractivity contribution in [1.29, 1.82) is 5.26 Å². The van der Waals surface area contributed by atoms with Crippen molar-refractivity contribution in [2.75, 3.05) is 25.4 Å². The Bertz CT molecular complexity index is 1460. The summed E-state index contributed by atoms with van der Waals surface area (Å²) in [6, 6.07) is 12.7. The van der Waals surface area contributed by atoms with E-state index in [4.69, 9.17) is 9.26 Å². The van der Waals surface area contributed by atoms with Crippen molar-refractivity contribution in [2.45, 2.75) is 51.4 Å². The van der Waals surface area contributed by atoms with E-state index in [0.29, 0.717) is 61.6 Å². The van der Waals surface area contributed by atoms with Gasteiger partial charge in [0, 0.05) is 36.8 Å². The van der Waals surface area contributed by atoms with Gasteiger partial charge in [-0.2, -0.15) is 10.2 Å². The minimum atomic E-state index is -3.50. The number of nitrogens with zero attached hydrogens (tertiary/aromatic N) is 4. The summed E-state index contributed by atoms with van der Waals surface area (Å²) in [7, 11) is -3.50. The molecule has 1 aliphatic heterocycles. The van der Waals surface area contributed by atoms with E-state index in [0.717, 1.165) is 16.7 Å². The molecule has 1 saturated heterocycles. The van der Waals surface area contributed by atoms with Gasteiger partial charge in [0.05, 0.1) is 23.5 Å². The van der Waals surface area contributed by atoms with Gasteiger partial charge in [-0.1, -0.05) is 23.4 Å². The molecule has 2 aromatic carbocycles. The minimum absolute atomic E-state index is 0.00880. The lowest BCUT2D eigenvalue weighted by atomic mass is 10.0. The number of sulfonamides is 1. The summed E-state index contributed by atoms with van der Waals surface area (Å²) in [5.41, 5.74) is 3.70. The quantitative estimate of drug-likeness (QED) is 0.421. The highest BCUT2D eigenvalue weighted by atomic mass is 32.2. The predicted molar refractivity (Wildman–Crippen MR) is 141 cm³/mol. The van der Waals surface area contributed by atoms with Crippen molar-refractivity contribution in [1.82, 2.24) is 19.8 Å². The van der Waals surface area contributed by atoms with Gasteiger partial charge in [0.1, 0.15) is 11.8 Å². The predicted octanol–water partition coefficient (Wildman–Crippen LogP) is 3.04. The average Bonchev–Trinajstić information content (AvgIpc) is 3.63. The molecule has 0 saturated carbocycles. The van der Waals surface area contributed by atoms with E-state index in [9.17, 15) is 18.8 Å². The first-order chi connectivity index (χ1) is 18.2. The monoisotopic (exact) mass is 537 g/mol. The molecule has 10 nitrogen and oxygen atoms in total. The SMILES string of the molecule is CC(C)Oc1ccc(-c2nc(-c3cccc4c3CCC4NS(=O)(=O)CCN3CC[C@H](O)C3)no2)cc1C#N. The molecule has 2 aliphatic rings. The van der Waals surface area contributed by atoms with Crippen molar-refractivity contribution in [3.63, 3.8) is 0 Å². The number of β-amino-alcohol motifs (C(OH)–C–C–N with tert-alkyl or cyclic N) is 1. The number of hydrogen-bond acceptors (Lipinski definition) is 9. The fraction of sp³-hybridized carbons (Fsp3) is 0.444. The Morgan fingerprint density at radius 2 is 2.13 bits per heavy atom. The highest BCUT2D eigenvalue weighted by molar-refractivity contribution is 7.89. The fourth-order valence-corrected chi connectivity index (χ4v) is 6.38. The summed E-state index contributed by atoms with van der Waals surface area (Å²) in [6.45, 7) is 5.43. The van der Waals surface area contributed by atoms with E-state index in [1.807, 2.05) is 36.9 Å². The van der Waals surface area contributed by atoms with Crippen molar-refractivity contribution in [3.8, 4) is 34.7 Å². The highest BCUT2D eigenvalue weighted by Gasteiger charge is 2.30. The zero-order valence-corrected chi connectivity index (χ0v) is 22.2. The minimum Gasteiger partial charge on any atom is -0.490 e. The maximum absolute atomic E-state index is 12.8. The van der Waals surface area contributed by atoms with Crippen LogP contribution in [-0.4, -0.2) is 66.2 Å². The van der Waals surface area contributed by atoms with Crippen molar-refractivity contribution >= 4 is 10.0 Å². The number of aliphatic hydroxyl groups is 1. The molecule has 1 unspecified atom stereocenters. The van der Waals surface area contributed by atoms with Crippen molar-refractivity contribution < 1.29 is 22.8 Å². The van der Waals surface area contributed by atoms with Gasteiger partial charge in [-0.05, 0) is 62.4 Å². The number of nitriles is 1. The van der Waals surface area contributed by atoms with E-state index in [-0.39, 0.29) is 29.9 Å². The Morgan fingerprint density at radius 1 is 1.29 bits per heavy atom. The molecule has 2 N–H and O–H groups in total. The molecule has 2 heterocycles. The van der Waals surface area contributed by atoms with Gasteiger partial charge in [-0.15, -0.1) is 0 Å². The number of fused-ring (bicyclic) bond motifs is 1. The number of benzene rings is 2. The van der Waals surface area contributed by atoms with Crippen LogP contribution < -0.4 is 9.46 Å². The Morgan fingerprint density at radius 3 is 2.87 bits per heavy atom. The van der Waals surface area contributed by atoms with E-state index in [1.54, 1.807) is 18.2 Å². The van der Waals surface area contributed by atoms with Crippen LogP contribution in [0.3, 0.4) is 0 Å². The number of aliphatic hydroxyl groups excluding tert-OH is 1. The molecule has 5 rings (SSSR count). The van der Waals surface area contributed by atoms with Gasteiger partial charge in [0.25, 0.3) is 5.89 Å². The third-order valence-electron chi connectivity index (χ3n) is 6.89. The van der Waals surface area contributed by atoms with Crippen molar-refractivity contribution in [2.24, 2.45) is 0 Å². The molecule has 1 aliphatic carbocycles. The summed E-state index contributed by atoms with van der Waals surface area (Å²) in [5.74, 6) is 1.19. The third kappa shape index (κ3) is 5.73. The second-order valence-corrected chi connectivity index (χ2v) is 11.9. The Labute approximate surface area is 222 Å². The average molecular weight is 538 g/mol. The molecule has 0 radical (unpaired) electrons. The highest BCUT2D eigenvalue weighted by Crippen LogP contribution is 2.38. The second kappa shape index (κ2) is 10.8. The first kappa shape index (κ1) is 26.3. The van der Waals surface area contributed by atoms with Crippen LogP contribution in [-0.2, 0) is 16.4 Å². The molecule has 11 heteroatoms. The van der Waals surface area contributed by atoms with Gasteiger partial charge < -0.3 is 14.4 Å². The molecule has 3 aromatic rings. The van der Waals surface area contributed by atoms with Crippen LogP contribution in [0.25, 0.3) is 22.8 Å². The Hall–Kier alpha value is -3.30. The topological polar surface area (TPSA) is 142 Å². The number of likely N-dealkylation sites (tertiary alicyclic amines) is 1. The van der Waals surface area contributed by atoms with Crippen LogP contribution in [0.2, 0.25) is 0 Å². The lowest BCUT2D eigenvalue weighted by Crippen LogP contribution is -2.35. The standard InChI is InChI=1S/C27H31N5O5S/c1-17(2)36-25-9-6-18(14-19(25)15-28)27-29-26(30-37-27)23-5-3-4-22-21(23)7-8-24(22)31-38(34,35)13-12-32-11-10-20(33)16-32/h3-6,9,14,17,20,24,31,33H,7-8,10-13,16H2,1-2H3/t20-,24?/m0/s1. The van der Waals surface area contributed by atoms with E-state index >= 15 is 0 Å². The molecule has 0 bridgehead atoms. The number of ether oxygens (including phenoxy) is 1. The van der Waals surface area contributed by atoms with Gasteiger partial charge in [-0.3, -0.25) is 4.90 Å². The summed E-state index contributed by atoms with van der Waals surface area (Å²) in [6.07, 6.45) is 1.57. The van der Waals surface area contributed by atoms with E-state index in [2.05, 4.69) is 20.9 Å². The van der Waals surface area contributed by atoms with Crippen LogP contribution in [0.4, 0.5) is 0 Å². The Balaban J connectivity index is 1.32. The van der Waals surface area contributed by atoms with E-state index < -0.39 is 10.0 Å². The zero-order valence-electron chi connectivity index (χ0n) is 21.4. The normalized spacial score (nSPS) is 19.6. The third-order valence-corrected chi connectivity index (χ3v) is 8.26. The summed E-state index contributed by atoms with van der Waals surface area (Å²) < 4.78 is 39.7. The molecular weight excluding hydrogens is 506 g/mol. The summed E-state index contributed by atoms with van der Waals surface area (Å²) >= 11 is 0. The molecule has 200 valence electrons. The summed E-state index contributed by atoms with van der Waals surface area (Å²) in [4.78, 5) is 6.56. The summed E-state index contributed by atoms with van der Waals surface area (Å²) in [5, 5.41) is 23.4. The number of aromatic nitrogens is 2. The molecule has 0 amide bonds. The number of nitrogens with one attached hydrogen (secondary N) is 1. The lowest BCUT2D eigenvalue weighted by molar-refractivity contribution is 0.178. The van der Waals surface area contributed by atoms with Crippen LogP contribution in [0.5, 0.6) is 5.75 Å². The second-order valence-electron chi connectivity index (χ2n) is 10.1. The molecule has 0 spiro atoms. The Kier molecular flexibility index (Phi) is 7.49. The fourth-order valence-electron chi connectivity index (χ4n) is 5.08. The number of rotatable bonds is 9. The smallest absolute Gasteiger partial charge is 0.258 e. The first-order valence-corrected chi connectivity index (χ1v) is 14.4. The van der Waals surface area contributed by atoms with Gasteiger partial charge >= 0.3 is 0 Å². The molecule has 38 heavy (non-hydrogen) atoms. The van der Waals surface area contributed by atoms with Crippen molar-refractivity contribution in [3.05, 3.63) is 53.1 Å². The van der Waals surface area contributed by atoms with Crippen LogP contribution in [0.1, 0.15) is 49.4 Å². The largest absolute Gasteiger partial charge is 0.490 e. The maximum atomic E-state index is 12.8.